The van der Waals surface area contributed by atoms with E-state index in [1.165, 1.54) is 0 Å². The maximum absolute atomic E-state index is 12.2. The van der Waals surface area contributed by atoms with Gasteiger partial charge in [0.25, 0.3) is 5.91 Å². The maximum Gasteiger partial charge on any atom is 0.270 e. The van der Waals surface area contributed by atoms with Crippen LogP contribution in [0, 0.1) is 0 Å². The molecular weight excluding hydrogens is 242 g/mol. The molecule has 0 aromatic heterocycles. The Morgan fingerprint density at radius 2 is 2.00 bits per heavy atom. The fraction of sp³-hybridized carbons (Fsp3) is 0.533. The third-order valence-electron chi connectivity index (χ3n) is 3.68. The van der Waals surface area contributed by atoms with Crippen LogP contribution in [-0.2, 0) is 10.2 Å². The molecule has 1 heterocycles. The van der Waals surface area contributed by atoms with E-state index in [1.54, 1.807) is 25.8 Å². The number of carbonyl (C=O) groups excluding carboxylic acids is 1. The van der Waals surface area contributed by atoms with Crippen LogP contribution in [0.25, 0.3) is 0 Å². The predicted octanol–water partition coefficient (Wildman–Crippen LogP) is 2.09. The lowest BCUT2D eigenvalue weighted by molar-refractivity contribution is -0.132. The van der Waals surface area contributed by atoms with Gasteiger partial charge in [0.15, 0.2) is 5.60 Å². The monoisotopic (exact) mass is 263 g/mol. The Hall–Kier alpha value is -1.55. The molecule has 1 amide bonds. The Morgan fingerprint density at radius 3 is 2.58 bits per heavy atom. The van der Waals surface area contributed by atoms with Gasteiger partial charge in [0.1, 0.15) is 5.75 Å². The summed E-state index contributed by atoms with van der Waals surface area (Å²) in [5.74, 6) is 0.628. The van der Waals surface area contributed by atoms with Crippen molar-refractivity contribution >= 4 is 11.6 Å². The molecule has 1 aromatic rings. The SMILES string of the molecule is CN1C(=O)C(C)(C)Oc2ccc(C(C)(C)CO)cc21. The number of ether oxygens (including phenoxy) is 1. The highest BCUT2D eigenvalue weighted by molar-refractivity contribution is 6.02. The second-order valence-corrected chi connectivity index (χ2v) is 6.20. The molecule has 1 aliphatic heterocycles. The van der Waals surface area contributed by atoms with Crippen molar-refractivity contribution in [2.45, 2.75) is 38.7 Å². The van der Waals surface area contributed by atoms with Crippen molar-refractivity contribution in [2.75, 3.05) is 18.6 Å². The third kappa shape index (κ3) is 2.21. The molecule has 4 nitrogen and oxygen atoms in total. The molecule has 0 saturated heterocycles. The van der Waals surface area contributed by atoms with Crippen molar-refractivity contribution in [2.24, 2.45) is 0 Å². The largest absolute Gasteiger partial charge is 0.476 e. The molecule has 4 heteroatoms. The van der Waals surface area contributed by atoms with Gasteiger partial charge in [0, 0.05) is 12.5 Å². The molecule has 0 fully saturated rings. The van der Waals surface area contributed by atoms with Gasteiger partial charge in [-0.3, -0.25) is 4.79 Å². The first kappa shape index (κ1) is 13.9. The van der Waals surface area contributed by atoms with Crippen LogP contribution in [0.3, 0.4) is 0 Å². The summed E-state index contributed by atoms with van der Waals surface area (Å²) in [7, 11) is 1.75. The summed E-state index contributed by atoms with van der Waals surface area (Å²) in [5.41, 5.74) is 0.557. The molecule has 0 aliphatic carbocycles. The lowest BCUT2D eigenvalue weighted by Crippen LogP contribution is -2.51. The zero-order valence-corrected chi connectivity index (χ0v) is 12.2. The minimum absolute atomic E-state index is 0.0514. The smallest absolute Gasteiger partial charge is 0.270 e. The van der Waals surface area contributed by atoms with E-state index in [0.717, 1.165) is 11.3 Å². The molecule has 0 unspecified atom stereocenters. The van der Waals surface area contributed by atoms with Crippen LogP contribution in [0.15, 0.2) is 18.2 Å². The molecule has 1 aromatic carbocycles. The topological polar surface area (TPSA) is 49.8 Å². The zero-order valence-electron chi connectivity index (χ0n) is 12.2. The van der Waals surface area contributed by atoms with Crippen LogP contribution >= 0.6 is 0 Å². The molecular formula is C15H21NO3. The molecule has 0 spiro atoms. The summed E-state index contributed by atoms with van der Waals surface area (Å²) in [6, 6.07) is 5.72. The first-order valence-corrected chi connectivity index (χ1v) is 6.41. The van der Waals surface area contributed by atoms with Gasteiger partial charge in [0.2, 0.25) is 0 Å². The van der Waals surface area contributed by atoms with E-state index in [0.29, 0.717) is 5.75 Å². The second kappa shape index (κ2) is 4.23. The molecule has 19 heavy (non-hydrogen) atoms. The first-order valence-electron chi connectivity index (χ1n) is 6.41. The highest BCUT2D eigenvalue weighted by atomic mass is 16.5. The van der Waals surface area contributed by atoms with E-state index in [2.05, 4.69) is 0 Å². The number of aliphatic hydroxyl groups excluding tert-OH is 1. The lowest BCUT2D eigenvalue weighted by atomic mass is 9.85. The molecule has 0 bridgehead atoms. The van der Waals surface area contributed by atoms with Gasteiger partial charge >= 0.3 is 0 Å². The van der Waals surface area contributed by atoms with Crippen LogP contribution in [0.4, 0.5) is 5.69 Å². The fourth-order valence-corrected chi connectivity index (χ4v) is 2.21. The highest BCUT2D eigenvalue weighted by Gasteiger charge is 2.39. The Morgan fingerprint density at radius 1 is 1.37 bits per heavy atom. The molecule has 0 saturated carbocycles. The number of aliphatic hydroxyl groups is 1. The Labute approximate surface area is 114 Å². The number of hydrogen-bond acceptors (Lipinski definition) is 3. The summed E-state index contributed by atoms with van der Waals surface area (Å²) in [6.07, 6.45) is 0. The third-order valence-corrected chi connectivity index (χ3v) is 3.68. The van der Waals surface area contributed by atoms with Crippen LogP contribution < -0.4 is 9.64 Å². The van der Waals surface area contributed by atoms with Crippen molar-refractivity contribution in [1.82, 2.24) is 0 Å². The summed E-state index contributed by atoms with van der Waals surface area (Å²) in [4.78, 5) is 13.8. The van der Waals surface area contributed by atoms with Gasteiger partial charge < -0.3 is 14.7 Å². The van der Waals surface area contributed by atoms with E-state index in [-0.39, 0.29) is 17.9 Å². The number of nitrogens with zero attached hydrogens (tertiary/aromatic N) is 1. The summed E-state index contributed by atoms with van der Waals surface area (Å²) in [6.45, 7) is 7.50. The number of amides is 1. The minimum atomic E-state index is -0.838. The van der Waals surface area contributed by atoms with Crippen molar-refractivity contribution in [3.63, 3.8) is 0 Å². The first-order chi connectivity index (χ1) is 8.69. The van der Waals surface area contributed by atoms with E-state index < -0.39 is 5.60 Å². The molecule has 1 N–H and O–H groups in total. The average Bonchev–Trinajstić information content (AvgIpc) is 2.35. The van der Waals surface area contributed by atoms with Gasteiger partial charge in [-0.25, -0.2) is 0 Å². The van der Waals surface area contributed by atoms with Crippen LogP contribution in [0.5, 0.6) is 5.75 Å². The number of carbonyl (C=O) groups is 1. The zero-order chi connectivity index (χ0) is 14.4. The van der Waals surface area contributed by atoms with Crippen molar-refractivity contribution < 1.29 is 14.6 Å². The van der Waals surface area contributed by atoms with Crippen LogP contribution in [0.1, 0.15) is 33.3 Å². The van der Waals surface area contributed by atoms with Gasteiger partial charge in [-0.2, -0.15) is 0 Å². The molecule has 104 valence electrons. The van der Waals surface area contributed by atoms with E-state index in [1.807, 2.05) is 32.0 Å². The summed E-state index contributed by atoms with van der Waals surface area (Å²) >= 11 is 0. The molecule has 1 aliphatic rings. The van der Waals surface area contributed by atoms with Gasteiger partial charge in [0.05, 0.1) is 12.3 Å². The fourth-order valence-electron chi connectivity index (χ4n) is 2.21. The van der Waals surface area contributed by atoms with Crippen LogP contribution in [-0.4, -0.2) is 30.3 Å². The summed E-state index contributed by atoms with van der Waals surface area (Å²) in [5, 5.41) is 9.44. The predicted molar refractivity (Wildman–Crippen MR) is 74.7 cm³/mol. The quantitative estimate of drug-likeness (QED) is 0.889. The highest BCUT2D eigenvalue weighted by Crippen LogP contribution is 2.39. The van der Waals surface area contributed by atoms with E-state index in [9.17, 15) is 9.90 Å². The minimum Gasteiger partial charge on any atom is -0.476 e. The van der Waals surface area contributed by atoms with Crippen molar-refractivity contribution in [3.05, 3.63) is 23.8 Å². The van der Waals surface area contributed by atoms with Crippen molar-refractivity contribution in [3.8, 4) is 5.75 Å². The van der Waals surface area contributed by atoms with E-state index >= 15 is 0 Å². The second-order valence-electron chi connectivity index (χ2n) is 6.20. The maximum atomic E-state index is 12.2. The molecule has 2 rings (SSSR count). The van der Waals surface area contributed by atoms with Crippen molar-refractivity contribution in [1.29, 1.82) is 0 Å². The average molecular weight is 263 g/mol. The molecule has 0 radical (unpaired) electrons. The van der Waals surface area contributed by atoms with Gasteiger partial charge in [-0.15, -0.1) is 0 Å². The number of hydrogen-bond donors (Lipinski definition) is 1. The van der Waals surface area contributed by atoms with E-state index in [4.69, 9.17) is 4.74 Å². The number of fused-ring (bicyclic) bond motifs is 1. The van der Waals surface area contributed by atoms with Crippen LogP contribution in [0.2, 0.25) is 0 Å². The standard InChI is InChI=1S/C15H21NO3/c1-14(2,9-17)10-6-7-12-11(8-10)16(5)13(18)15(3,4)19-12/h6-8,17H,9H2,1-5H3. The van der Waals surface area contributed by atoms with Gasteiger partial charge in [-0.1, -0.05) is 19.9 Å². The molecule has 0 atom stereocenters. The Kier molecular flexibility index (Phi) is 3.09. The number of benzene rings is 1. The summed E-state index contributed by atoms with van der Waals surface area (Å²) < 4.78 is 5.75. The normalized spacial score (nSPS) is 18.0. The Bertz CT molecular complexity index is 520. The number of anilines is 1. The van der Waals surface area contributed by atoms with Gasteiger partial charge in [-0.05, 0) is 31.5 Å². The Balaban J connectivity index is 2.51. The number of likely N-dealkylation sites (N-methyl/N-ethyl adjacent to an activating group) is 1. The lowest BCUT2D eigenvalue weighted by Gasteiger charge is -2.37. The number of rotatable bonds is 2.